The Morgan fingerprint density at radius 1 is 1.21 bits per heavy atom. The zero-order valence-corrected chi connectivity index (χ0v) is 13.8. The van der Waals surface area contributed by atoms with Crippen LogP contribution >= 0.6 is 23.2 Å². The van der Waals surface area contributed by atoms with Crippen LogP contribution in [-0.4, -0.2) is 42.1 Å². The fraction of sp³-hybridized carbons (Fsp3) is 0.133. The lowest BCUT2D eigenvalue weighted by atomic mass is 10.0. The Balaban J connectivity index is 1.99. The monoisotopic (exact) mass is 362 g/mol. The van der Waals surface area contributed by atoms with Crippen molar-refractivity contribution >= 4 is 34.1 Å². The van der Waals surface area contributed by atoms with Crippen molar-refractivity contribution in [2.75, 3.05) is 6.61 Å². The van der Waals surface area contributed by atoms with Gasteiger partial charge in [-0.15, -0.1) is 0 Å². The third-order valence-corrected chi connectivity index (χ3v) is 4.56. The second kappa shape index (κ2) is 5.94. The van der Waals surface area contributed by atoms with Gasteiger partial charge in [0.25, 0.3) is 0 Å². The van der Waals surface area contributed by atoms with Crippen LogP contribution in [0.3, 0.4) is 0 Å². The average molecular weight is 363 g/mol. The van der Waals surface area contributed by atoms with E-state index < -0.39 is 0 Å². The van der Waals surface area contributed by atoms with Gasteiger partial charge in [0, 0.05) is 29.1 Å². The average Bonchev–Trinajstić information content (AvgIpc) is 3.29. The Bertz CT molecular complexity index is 1000. The quantitative estimate of drug-likeness (QED) is 0.447. The van der Waals surface area contributed by atoms with Gasteiger partial charge in [-0.25, -0.2) is 4.98 Å². The molecule has 4 aromatic rings. The van der Waals surface area contributed by atoms with Crippen molar-refractivity contribution < 1.29 is 5.11 Å². The Kier molecular flexibility index (Phi) is 3.76. The van der Waals surface area contributed by atoms with Gasteiger partial charge in [0.2, 0.25) is 0 Å². The van der Waals surface area contributed by atoms with Crippen molar-refractivity contribution in [2.45, 2.75) is 6.42 Å². The fourth-order valence-electron chi connectivity index (χ4n) is 2.68. The summed E-state index contributed by atoms with van der Waals surface area (Å²) in [6, 6.07) is 3.65. The van der Waals surface area contributed by atoms with Crippen LogP contribution in [0.5, 0.6) is 0 Å². The molecule has 0 bridgehead atoms. The van der Waals surface area contributed by atoms with Crippen molar-refractivity contribution in [2.24, 2.45) is 0 Å². The molecule has 3 heterocycles. The smallest absolute Gasteiger partial charge is 0.198 e. The maximum atomic E-state index is 9.05. The molecule has 0 saturated carbocycles. The molecule has 0 saturated heterocycles. The lowest BCUT2D eigenvalue weighted by molar-refractivity contribution is 0.297. The summed E-state index contributed by atoms with van der Waals surface area (Å²) in [5, 5.41) is 24.7. The molecule has 0 aliphatic carbocycles. The molecule has 0 aliphatic heterocycles. The molecule has 0 fully saturated rings. The molecule has 0 amide bonds. The van der Waals surface area contributed by atoms with E-state index in [0.29, 0.717) is 39.3 Å². The number of aliphatic hydroxyl groups excluding tert-OH is 1. The van der Waals surface area contributed by atoms with E-state index in [1.54, 1.807) is 18.5 Å². The molecule has 9 heteroatoms. The molecule has 4 N–H and O–H groups in total. The van der Waals surface area contributed by atoms with Crippen molar-refractivity contribution in [1.82, 2.24) is 30.4 Å². The molecule has 0 spiro atoms. The number of nitrogens with one attached hydrogen (secondary N) is 3. The minimum absolute atomic E-state index is 0.00262. The van der Waals surface area contributed by atoms with Crippen molar-refractivity contribution in [3.8, 4) is 22.6 Å². The lowest BCUT2D eigenvalue weighted by Gasteiger charge is -1.99. The van der Waals surface area contributed by atoms with Crippen LogP contribution in [0.25, 0.3) is 33.5 Å². The number of rotatable bonds is 4. The van der Waals surface area contributed by atoms with Crippen LogP contribution in [0.2, 0.25) is 10.0 Å². The highest BCUT2D eigenvalue weighted by atomic mass is 35.5. The molecule has 1 aromatic carbocycles. The summed E-state index contributed by atoms with van der Waals surface area (Å²) in [4.78, 5) is 7.69. The Labute approximate surface area is 146 Å². The SMILES string of the molecule is OCCc1nc(-c2[nH]c3c(Cl)c(Cl)ccc3c2-c2cn[nH]c2)n[nH]1. The molecule has 24 heavy (non-hydrogen) atoms. The van der Waals surface area contributed by atoms with Gasteiger partial charge in [-0.3, -0.25) is 10.2 Å². The third-order valence-electron chi connectivity index (χ3n) is 3.76. The van der Waals surface area contributed by atoms with E-state index in [1.165, 1.54) is 0 Å². The van der Waals surface area contributed by atoms with Gasteiger partial charge in [0.1, 0.15) is 5.82 Å². The van der Waals surface area contributed by atoms with Gasteiger partial charge in [-0.1, -0.05) is 29.3 Å². The summed E-state index contributed by atoms with van der Waals surface area (Å²) in [6.45, 7) is -0.00262. The van der Waals surface area contributed by atoms with Crippen LogP contribution < -0.4 is 0 Å². The van der Waals surface area contributed by atoms with Gasteiger partial charge >= 0.3 is 0 Å². The van der Waals surface area contributed by atoms with Crippen molar-refractivity contribution in [3.05, 3.63) is 40.4 Å². The number of aliphatic hydroxyl groups is 1. The van der Waals surface area contributed by atoms with Gasteiger partial charge in [-0.05, 0) is 6.07 Å². The van der Waals surface area contributed by atoms with E-state index in [4.69, 9.17) is 28.3 Å². The molecule has 0 radical (unpaired) electrons. The number of nitrogens with zero attached hydrogens (tertiary/aromatic N) is 3. The number of hydrogen-bond acceptors (Lipinski definition) is 4. The number of halogens is 2. The topological polar surface area (TPSA) is 106 Å². The van der Waals surface area contributed by atoms with E-state index in [1.807, 2.05) is 6.07 Å². The van der Waals surface area contributed by atoms with Crippen LogP contribution in [-0.2, 0) is 6.42 Å². The van der Waals surface area contributed by atoms with Crippen molar-refractivity contribution in [3.63, 3.8) is 0 Å². The summed E-state index contributed by atoms with van der Waals surface area (Å²) in [6.07, 6.45) is 3.91. The first-order valence-corrected chi connectivity index (χ1v) is 7.96. The van der Waals surface area contributed by atoms with E-state index in [9.17, 15) is 0 Å². The molecular formula is C15H12Cl2N6O. The third kappa shape index (κ3) is 2.37. The predicted molar refractivity (Wildman–Crippen MR) is 92.1 cm³/mol. The first kappa shape index (κ1) is 15.2. The van der Waals surface area contributed by atoms with Gasteiger partial charge in [0.05, 0.1) is 34.1 Å². The van der Waals surface area contributed by atoms with E-state index in [-0.39, 0.29) is 6.61 Å². The maximum Gasteiger partial charge on any atom is 0.198 e. The summed E-state index contributed by atoms with van der Waals surface area (Å²) >= 11 is 12.5. The van der Waals surface area contributed by atoms with Crippen LogP contribution in [0.15, 0.2) is 24.5 Å². The van der Waals surface area contributed by atoms with E-state index in [2.05, 4.69) is 30.4 Å². The van der Waals surface area contributed by atoms with E-state index >= 15 is 0 Å². The Morgan fingerprint density at radius 3 is 2.83 bits per heavy atom. The number of hydrogen-bond donors (Lipinski definition) is 4. The Morgan fingerprint density at radius 2 is 2.08 bits per heavy atom. The maximum absolute atomic E-state index is 9.05. The summed E-state index contributed by atoms with van der Waals surface area (Å²) < 4.78 is 0. The molecule has 122 valence electrons. The predicted octanol–water partition coefficient (Wildman–Crippen LogP) is 3.18. The first-order chi connectivity index (χ1) is 11.7. The molecule has 7 nitrogen and oxygen atoms in total. The van der Waals surface area contributed by atoms with Crippen molar-refractivity contribution in [1.29, 1.82) is 0 Å². The molecule has 0 unspecified atom stereocenters. The van der Waals surface area contributed by atoms with Crippen LogP contribution in [0.1, 0.15) is 5.82 Å². The highest BCUT2D eigenvalue weighted by Gasteiger charge is 2.21. The number of benzene rings is 1. The number of H-pyrrole nitrogens is 3. The molecule has 3 aromatic heterocycles. The van der Waals surface area contributed by atoms with Crippen LogP contribution in [0, 0.1) is 0 Å². The number of aromatic amines is 3. The number of aromatic nitrogens is 6. The number of fused-ring (bicyclic) bond motifs is 1. The molecule has 0 aliphatic rings. The highest BCUT2D eigenvalue weighted by Crippen LogP contribution is 2.41. The fourth-order valence-corrected chi connectivity index (χ4v) is 3.05. The van der Waals surface area contributed by atoms with Gasteiger partial charge in [-0.2, -0.15) is 10.2 Å². The van der Waals surface area contributed by atoms with Gasteiger partial charge < -0.3 is 10.1 Å². The second-order valence-electron chi connectivity index (χ2n) is 5.23. The largest absolute Gasteiger partial charge is 0.396 e. The normalized spacial score (nSPS) is 11.5. The zero-order valence-electron chi connectivity index (χ0n) is 12.3. The standard InChI is InChI=1S/C15H12Cl2N6O/c16-9-2-1-8-11(7-5-18-19-6-7)14(21-13(8)12(9)17)15-20-10(3-4-24)22-23-15/h1-2,5-6,21,24H,3-4H2,(H,18,19)(H,20,22,23). The second-order valence-corrected chi connectivity index (χ2v) is 6.01. The zero-order chi connectivity index (χ0) is 16.7. The molecule has 0 atom stereocenters. The van der Waals surface area contributed by atoms with E-state index in [0.717, 1.165) is 16.5 Å². The minimum atomic E-state index is -0.00262. The lowest BCUT2D eigenvalue weighted by Crippen LogP contribution is -1.92. The van der Waals surface area contributed by atoms with Crippen LogP contribution in [0.4, 0.5) is 0 Å². The molecular weight excluding hydrogens is 351 g/mol. The summed E-state index contributed by atoms with van der Waals surface area (Å²) in [7, 11) is 0. The van der Waals surface area contributed by atoms with Gasteiger partial charge in [0.15, 0.2) is 5.82 Å². The highest BCUT2D eigenvalue weighted by molar-refractivity contribution is 6.45. The Hall–Kier alpha value is -2.35. The summed E-state index contributed by atoms with van der Waals surface area (Å²) in [5.41, 5.74) is 3.18. The molecule has 4 rings (SSSR count). The minimum Gasteiger partial charge on any atom is -0.396 e. The first-order valence-electron chi connectivity index (χ1n) is 7.20. The summed E-state index contributed by atoms with van der Waals surface area (Å²) in [5.74, 6) is 1.09.